The van der Waals surface area contributed by atoms with E-state index in [4.69, 9.17) is 19.8 Å². The highest BCUT2D eigenvalue weighted by molar-refractivity contribution is 9.10. The van der Waals surface area contributed by atoms with Gasteiger partial charge in [-0.3, -0.25) is 10.1 Å². The minimum absolute atomic E-state index is 0.0746. The number of nitro groups is 1. The molecule has 1 heterocycles. The van der Waals surface area contributed by atoms with Crippen molar-refractivity contribution in [1.29, 1.82) is 5.26 Å². The highest BCUT2D eigenvalue weighted by Crippen LogP contribution is 2.38. The number of nitriles is 1. The summed E-state index contributed by atoms with van der Waals surface area (Å²) in [6.45, 7) is 1.07. The monoisotopic (exact) mass is 486 g/mol. The number of aliphatic carboxylic acids is 1. The van der Waals surface area contributed by atoms with E-state index in [2.05, 4.69) is 25.9 Å². The first-order chi connectivity index (χ1) is 13.4. The summed E-state index contributed by atoms with van der Waals surface area (Å²) in [5.41, 5.74) is -0.839. The molecule has 0 aliphatic carbocycles. The Balaban J connectivity index is 2.71. The van der Waals surface area contributed by atoms with Gasteiger partial charge in [0, 0.05) is 10.7 Å². The van der Waals surface area contributed by atoms with E-state index >= 15 is 0 Å². The molecule has 1 unspecified atom stereocenters. The van der Waals surface area contributed by atoms with Crippen LogP contribution < -0.4 is 9.47 Å². The van der Waals surface area contributed by atoms with Gasteiger partial charge in [0.2, 0.25) is 9.84 Å². The average Bonchev–Trinajstić information content (AvgIpc) is 2.59. The quantitative estimate of drug-likeness (QED) is 0.343. The number of sulfone groups is 1. The Morgan fingerprint density at radius 3 is 2.48 bits per heavy atom. The van der Waals surface area contributed by atoms with E-state index < -0.39 is 49.4 Å². The first kappa shape index (κ1) is 22.0. The van der Waals surface area contributed by atoms with Gasteiger partial charge in [0.15, 0.2) is 6.10 Å². The molecule has 2 rings (SSSR count). The molecule has 29 heavy (non-hydrogen) atoms. The van der Waals surface area contributed by atoms with Gasteiger partial charge in [-0.2, -0.15) is 15.2 Å². The van der Waals surface area contributed by atoms with Gasteiger partial charge in [0.25, 0.3) is 5.16 Å². The summed E-state index contributed by atoms with van der Waals surface area (Å²) in [6, 6.07) is 5.89. The highest BCUT2D eigenvalue weighted by Gasteiger charge is 2.33. The first-order valence-corrected chi connectivity index (χ1v) is 10.1. The number of ether oxygens (including phenoxy) is 2. The van der Waals surface area contributed by atoms with Crippen LogP contribution in [0.4, 0.5) is 5.69 Å². The number of hydrogen-bond donors (Lipinski definition) is 1. The summed E-state index contributed by atoms with van der Waals surface area (Å²) in [4.78, 5) is 28.6. The molecule has 0 saturated carbocycles. The largest absolute Gasteiger partial charge is 0.479 e. The van der Waals surface area contributed by atoms with E-state index in [0.717, 1.165) is 13.2 Å². The average molecular weight is 487 g/mol. The van der Waals surface area contributed by atoms with E-state index in [1.54, 1.807) is 0 Å². The van der Waals surface area contributed by atoms with E-state index in [-0.39, 0.29) is 11.3 Å². The summed E-state index contributed by atoms with van der Waals surface area (Å²) in [5, 5.41) is 28.7. The lowest BCUT2D eigenvalue weighted by molar-refractivity contribution is -0.387. The normalized spacial score (nSPS) is 11.9. The second kappa shape index (κ2) is 8.37. The Labute approximate surface area is 171 Å². The van der Waals surface area contributed by atoms with Crippen LogP contribution in [0.15, 0.2) is 27.8 Å². The standard InChI is InChI=1S/C15H11BrN4O8S/c1-7(14(21)22)27-12-11(20(23)24)13(19-15(18-12)29(2,25)26)28-10-4-8(6-17)3-9(16)5-10/h3-5,7H,1-2H3,(H,21,22). The van der Waals surface area contributed by atoms with Crippen molar-refractivity contribution in [2.24, 2.45) is 0 Å². The van der Waals surface area contributed by atoms with Crippen molar-refractivity contribution in [1.82, 2.24) is 9.97 Å². The maximum Gasteiger partial charge on any atom is 0.392 e. The van der Waals surface area contributed by atoms with Crippen LogP contribution in [0.25, 0.3) is 0 Å². The lowest BCUT2D eigenvalue weighted by Crippen LogP contribution is -2.24. The SMILES string of the molecule is CC(Oc1nc(S(C)(=O)=O)nc(Oc2cc(Br)cc(C#N)c2)c1[N+](=O)[O-])C(=O)O. The molecule has 14 heteroatoms. The Hall–Kier alpha value is -3.31. The van der Waals surface area contributed by atoms with Gasteiger partial charge in [-0.15, -0.1) is 0 Å². The van der Waals surface area contributed by atoms with Crippen molar-refractivity contribution in [3.8, 4) is 23.6 Å². The fourth-order valence-electron chi connectivity index (χ4n) is 1.89. The van der Waals surface area contributed by atoms with Gasteiger partial charge in [-0.05, 0) is 25.1 Å². The summed E-state index contributed by atoms with van der Waals surface area (Å²) in [6.07, 6.45) is -0.838. The third kappa shape index (κ3) is 5.36. The Bertz CT molecular complexity index is 1150. The molecule has 12 nitrogen and oxygen atoms in total. The molecule has 0 fully saturated rings. The molecule has 0 radical (unpaired) electrons. The van der Waals surface area contributed by atoms with Crippen LogP contribution in [0.1, 0.15) is 12.5 Å². The second-order valence-electron chi connectivity index (χ2n) is 5.48. The van der Waals surface area contributed by atoms with Crippen LogP contribution in [-0.2, 0) is 14.6 Å². The molecule has 0 amide bonds. The van der Waals surface area contributed by atoms with E-state index in [1.165, 1.54) is 18.2 Å². The van der Waals surface area contributed by atoms with Gasteiger partial charge < -0.3 is 14.6 Å². The van der Waals surface area contributed by atoms with Crippen LogP contribution in [0.3, 0.4) is 0 Å². The Morgan fingerprint density at radius 2 is 1.97 bits per heavy atom. The molecule has 1 aromatic heterocycles. The Kier molecular flexibility index (Phi) is 6.34. The number of carbonyl (C=O) groups is 1. The molecule has 2 aromatic rings. The van der Waals surface area contributed by atoms with Crippen LogP contribution >= 0.6 is 15.9 Å². The number of nitrogens with zero attached hydrogens (tertiary/aromatic N) is 4. The van der Waals surface area contributed by atoms with Gasteiger partial charge in [-0.1, -0.05) is 15.9 Å². The number of aromatic nitrogens is 2. The van der Waals surface area contributed by atoms with Crippen molar-refractivity contribution in [2.45, 2.75) is 18.2 Å². The molecule has 1 aromatic carbocycles. The van der Waals surface area contributed by atoms with Crippen molar-refractivity contribution in [3.63, 3.8) is 0 Å². The summed E-state index contributed by atoms with van der Waals surface area (Å²) >= 11 is 3.14. The molecule has 0 spiro atoms. The molecule has 1 N–H and O–H groups in total. The lowest BCUT2D eigenvalue weighted by atomic mass is 10.2. The smallest absolute Gasteiger partial charge is 0.392 e. The molecule has 0 aliphatic heterocycles. The summed E-state index contributed by atoms with van der Waals surface area (Å²) in [7, 11) is -4.07. The van der Waals surface area contributed by atoms with Crippen LogP contribution in [-0.4, -0.2) is 46.7 Å². The van der Waals surface area contributed by atoms with Crippen molar-refractivity contribution in [2.75, 3.05) is 6.26 Å². The van der Waals surface area contributed by atoms with Crippen molar-refractivity contribution < 1.29 is 32.7 Å². The molecule has 0 bridgehead atoms. The fraction of sp³-hybridized carbons (Fsp3) is 0.200. The molecule has 0 aliphatic rings. The number of carboxylic acid groups (broad SMARTS) is 1. The fourth-order valence-corrected chi connectivity index (χ4v) is 2.86. The van der Waals surface area contributed by atoms with E-state index in [1.807, 2.05) is 6.07 Å². The van der Waals surface area contributed by atoms with E-state index in [9.17, 15) is 23.3 Å². The topological polar surface area (TPSA) is 183 Å². The van der Waals surface area contributed by atoms with Gasteiger partial charge in [0.1, 0.15) is 5.75 Å². The Morgan fingerprint density at radius 1 is 1.34 bits per heavy atom. The molecule has 1 atom stereocenters. The third-order valence-corrected chi connectivity index (χ3v) is 4.47. The number of halogens is 1. The van der Waals surface area contributed by atoms with E-state index in [0.29, 0.717) is 4.47 Å². The minimum Gasteiger partial charge on any atom is -0.479 e. The highest BCUT2D eigenvalue weighted by atomic mass is 79.9. The second-order valence-corrected chi connectivity index (χ2v) is 8.31. The summed E-state index contributed by atoms with van der Waals surface area (Å²) in [5.74, 6) is -3.24. The summed E-state index contributed by atoms with van der Waals surface area (Å²) < 4.78 is 34.4. The zero-order chi connectivity index (χ0) is 21.9. The predicted molar refractivity (Wildman–Crippen MR) is 98.5 cm³/mol. The zero-order valence-corrected chi connectivity index (χ0v) is 17.1. The molecule has 0 saturated heterocycles. The van der Waals surface area contributed by atoms with Gasteiger partial charge >= 0.3 is 23.4 Å². The number of hydrogen-bond acceptors (Lipinski definition) is 10. The first-order valence-electron chi connectivity index (χ1n) is 7.47. The zero-order valence-electron chi connectivity index (χ0n) is 14.7. The predicted octanol–water partition coefficient (Wildman–Crippen LogP) is 2.07. The lowest BCUT2D eigenvalue weighted by Gasteiger charge is -2.13. The number of benzene rings is 1. The van der Waals surface area contributed by atoms with Crippen molar-refractivity contribution in [3.05, 3.63) is 38.3 Å². The van der Waals surface area contributed by atoms with Crippen LogP contribution in [0.2, 0.25) is 0 Å². The third-order valence-electron chi connectivity index (χ3n) is 3.16. The number of rotatable bonds is 7. The maximum absolute atomic E-state index is 11.9. The van der Waals surface area contributed by atoms with Crippen LogP contribution in [0, 0.1) is 21.4 Å². The van der Waals surface area contributed by atoms with Crippen LogP contribution in [0.5, 0.6) is 17.5 Å². The minimum atomic E-state index is -4.07. The molecule has 152 valence electrons. The molecular weight excluding hydrogens is 476 g/mol. The van der Waals surface area contributed by atoms with Gasteiger partial charge in [0.05, 0.1) is 16.6 Å². The maximum atomic E-state index is 11.9. The van der Waals surface area contributed by atoms with Crippen molar-refractivity contribution >= 4 is 37.4 Å². The van der Waals surface area contributed by atoms with Gasteiger partial charge in [-0.25, -0.2) is 13.2 Å². The number of carboxylic acids is 1. The molecular formula is C15H11BrN4O8S.